The number of halogens is 3. The molecule has 144 valence electrons. The molecule has 0 spiro atoms. The Balaban J connectivity index is 1.48. The second kappa shape index (κ2) is 7.85. The van der Waals surface area contributed by atoms with Crippen molar-refractivity contribution >= 4 is 5.95 Å². The zero-order valence-electron chi connectivity index (χ0n) is 14.6. The summed E-state index contributed by atoms with van der Waals surface area (Å²) in [4.78, 5) is 8.45. The minimum absolute atomic E-state index is 0.217. The van der Waals surface area contributed by atoms with Crippen LogP contribution in [0.15, 0.2) is 54.7 Å². The van der Waals surface area contributed by atoms with Gasteiger partial charge in [-0.15, -0.1) is 0 Å². The van der Waals surface area contributed by atoms with Crippen molar-refractivity contribution in [1.29, 1.82) is 0 Å². The standard InChI is InChI=1S/C20H16F3N3O2/c21-13-2-4-14(5-3-13)28-18-7-9-24-20(26-18)25-17-8-10-27-19(17)12-1-6-15(22)16(23)11-12/h1-7,9,11,17,19H,8,10H2,(H,24,25,26). The highest BCUT2D eigenvalue weighted by atomic mass is 19.2. The van der Waals surface area contributed by atoms with Crippen LogP contribution in [0.2, 0.25) is 0 Å². The summed E-state index contributed by atoms with van der Waals surface area (Å²) in [5.74, 6) is -1.15. The maximum Gasteiger partial charge on any atom is 0.226 e. The predicted octanol–water partition coefficient (Wildman–Crippen LogP) is 4.63. The van der Waals surface area contributed by atoms with E-state index in [2.05, 4.69) is 15.3 Å². The Bertz CT molecular complexity index is 969. The van der Waals surface area contributed by atoms with Gasteiger partial charge in [0, 0.05) is 18.9 Å². The molecule has 1 fully saturated rings. The molecule has 0 bridgehead atoms. The molecule has 1 aliphatic rings. The molecule has 2 unspecified atom stereocenters. The maximum absolute atomic E-state index is 13.6. The number of rotatable bonds is 5. The molecule has 0 aliphatic carbocycles. The Morgan fingerprint density at radius 3 is 2.61 bits per heavy atom. The summed E-state index contributed by atoms with van der Waals surface area (Å²) in [6.07, 6.45) is 1.72. The summed E-state index contributed by atoms with van der Waals surface area (Å²) in [6.45, 7) is 0.465. The van der Waals surface area contributed by atoms with Crippen molar-refractivity contribution < 1.29 is 22.6 Å². The monoisotopic (exact) mass is 387 g/mol. The molecule has 2 aromatic carbocycles. The highest BCUT2D eigenvalue weighted by Crippen LogP contribution is 2.32. The number of nitrogens with one attached hydrogen (secondary N) is 1. The number of nitrogens with zero attached hydrogens (tertiary/aromatic N) is 2. The van der Waals surface area contributed by atoms with Crippen LogP contribution < -0.4 is 10.1 Å². The Morgan fingerprint density at radius 2 is 1.82 bits per heavy atom. The van der Waals surface area contributed by atoms with E-state index in [-0.39, 0.29) is 17.7 Å². The van der Waals surface area contributed by atoms with Gasteiger partial charge in [0.15, 0.2) is 11.6 Å². The molecule has 1 aliphatic heterocycles. The minimum Gasteiger partial charge on any atom is -0.439 e. The van der Waals surface area contributed by atoms with E-state index in [0.29, 0.717) is 30.3 Å². The summed E-state index contributed by atoms with van der Waals surface area (Å²) in [7, 11) is 0. The number of hydrogen-bond acceptors (Lipinski definition) is 5. The van der Waals surface area contributed by atoms with E-state index >= 15 is 0 Å². The number of anilines is 1. The van der Waals surface area contributed by atoms with Crippen LogP contribution in [-0.2, 0) is 4.74 Å². The van der Waals surface area contributed by atoms with E-state index in [4.69, 9.17) is 9.47 Å². The summed E-state index contributed by atoms with van der Waals surface area (Å²) in [5, 5.41) is 3.16. The molecular weight excluding hydrogens is 371 g/mol. The quantitative estimate of drug-likeness (QED) is 0.692. The molecule has 2 heterocycles. The molecule has 28 heavy (non-hydrogen) atoms. The second-order valence-corrected chi connectivity index (χ2v) is 6.28. The van der Waals surface area contributed by atoms with Crippen LogP contribution in [0, 0.1) is 17.5 Å². The van der Waals surface area contributed by atoms with E-state index < -0.39 is 17.7 Å². The van der Waals surface area contributed by atoms with Crippen LogP contribution in [0.25, 0.3) is 0 Å². The first-order valence-corrected chi connectivity index (χ1v) is 8.68. The van der Waals surface area contributed by atoms with Crippen molar-refractivity contribution in [1.82, 2.24) is 9.97 Å². The van der Waals surface area contributed by atoms with Gasteiger partial charge >= 0.3 is 0 Å². The Hall–Kier alpha value is -3.13. The van der Waals surface area contributed by atoms with Gasteiger partial charge in [-0.3, -0.25) is 0 Å². The number of benzene rings is 2. The van der Waals surface area contributed by atoms with E-state index in [0.717, 1.165) is 12.1 Å². The van der Waals surface area contributed by atoms with E-state index in [1.54, 1.807) is 6.07 Å². The van der Waals surface area contributed by atoms with E-state index in [1.165, 1.54) is 36.5 Å². The van der Waals surface area contributed by atoms with Gasteiger partial charge in [0.1, 0.15) is 17.7 Å². The molecular formula is C20H16F3N3O2. The third kappa shape index (κ3) is 4.07. The lowest BCUT2D eigenvalue weighted by atomic mass is 10.0. The highest BCUT2D eigenvalue weighted by Gasteiger charge is 2.31. The van der Waals surface area contributed by atoms with Gasteiger partial charge in [-0.1, -0.05) is 6.07 Å². The Kier molecular flexibility index (Phi) is 5.12. The average molecular weight is 387 g/mol. The van der Waals surface area contributed by atoms with Crippen molar-refractivity contribution in [3.8, 4) is 11.6 Å². The van der Waals surface area contributed by atoms with Crippen LogP contribution in [0.5, 0.6) is 11.6 Å². The smallest absolute Gasteiger partial charge is 0.226 e. The predicted molar refractivity (Wildman–Crippen MR) is 95.6 cm³/mol. The average Bonchev–Trinajstić information content (AvgIpc) is 3.14. The van der Waals surface area contributed by atoms with Crippen molar-refractivity contribution in [2.75, 3.05) is 11.9 Å². The molecule has 0 saturated carbocycles. The molecule has 4 rings (SSSR count). The van der Waals surface area contributed by atoms with E-state index in [1.807, 2.05) is 0 Å². The summed E-state index contributed by atoms with van der Waals surface area (Å²) in [5.41, 5.74) is 0.535. The van der Waals surface area contributed by atoms with Crippen LogP contribution in [0.3, 0.4) is 0 Å². The molecule has 2 atom stereocenters. The SMILES string of the molecule is Fc1ccc(Oc2ccnc(NC3CCOC3c3ccc(F)c(F)c3)n2)cc1. The highest BCUT2D eigenvalue weighted by molar-refractivity contribution is 5.34. The summed E-state index contributed by atoms with van der Waals surface area (Å²) >= 11 is 0. The molecule has 5 nitrogen and oxygen atoms in total. The number of ether oxygens (including phenoxy) is 2. The maximum atomic E-state index is 13.6. The van der Waals surface area contributed by atoms with Gasteiger partial charge in [-0.2, -0.15) is 4.98 Å². The molecule has 1 aromatic heterocycles. The third-order valence-electron chi connectivity index (χ3n) is 4.34. The van der Waals surface area contributed by atoms with Gasteiger partial charge < -0.3 is 14.8 Å². The fourth-order valence-corrected chi connectivity index (χ4v) is 3.01. The lowest BCUT2D eigenvalue weighted by Gasteiger charge is -2.20. The number of aromatic nitrogens is 2. The zero-order valence-corrected chi connectivity index (χ0v) is 14.6. The topological polar surface area (TPSA) is 56.3 Å². The first kappa shape index (κ1) is 18.2. The third-order valence-corrected chi connectivity index (χ3v) is 4.34. The summed E-state index contributed by atoms with van der Waals surface area (Å²) in [6, 6.07) is 10.6. The molecule has 8 heteroatoms. The van der Waals surface area contributed by atoms with Crippen LogP contribution >= 0.6 is 0 Å². The fourth-order valence-electron chi connectivity index (χ4n) is 3.01. The van der Waals surface area contributed by atoms with Crippen molar-refractivity contribution in [2.45, 2.75) is 18.6 Å². The Labute approximate surface area is 159 Å². The van der Waals surface area contributed by atoms with Crippen LogP contribution in [-0.4, -0.2) is 22.6 Å². The van der Waals surface area contributed by atoms with Crippen LogP contribution in [0.4, 0.5) is 19.1 Å². The van der Waals surface area contributed by atoms with Gasteiger partial charge in [0.25, 0.3) is 0 Å². The largest absolute Gasteiger partial charge is 0.439 e. The number of hydrogen-bond donors (Lipinski definition) is 1. The van der Waals surface area contributed by atoms with Gasteiger partial charge in [0.2, 0.25) is 11.8 Å². The minimum atomic E-state index is -0.919. The van der Waals surface area contributed by atoms with E-state index in [9.17, 15) is 13.2 Å². The first-order chi connectivity index (χ1) is 13.6. The van der Waals surface area contributed by atoms with Crippen LogP contribution in [0.1, 0.15) is 18.1 Å². The molecule has 0 amide bonds. The van der Waals surface area contributed by atoms with Crippen molar-refractivity contribution in [3.05, 3.63) is 77.7 Å². The fraction of sp³-hybridized carbons (Fsp3) is 0.200. The summed E-state index contributed by atoms with van der Waals surface area (Å²) < 4.78 is 51.0. The first-order valence-electron chi connectivity index (χ1n) is 8.68. The molecule has 3 aromatic rings. The normalized spacial score (nSPS) is 18.8. The lowest BCUT2D eigenvalue weighted by Crippen LogP contribution is -2.24. The van der Waals surface area contributed by atoms with Crippen molar-refractivity contribution in [2.24, 2.45) is 0 Å². The lowest BCUT2D eigenvalue weighted by molar-refractivity contribution is 0.107. The van der Waals surface area contributed by atoms with Gasteiger partial charge in [-0.25, -0.2) is 18.2 Å². The second-order valence-electron chi connectivity index (χ2n) is 6.28. The van der Waals surface area contributed by atoms with Gasteiger partial charge in [-0.05, 0) is 48.4 Å². The van der Waals surface area contributed by atoms with Crippen molar-refractivity contribution in [3.63, 3.8) is 0 Å². The Morgan fingerprint density at radius 1 is 1.00 bits per heavy atom. The zero-order chi connectivity index (χ0) is 19.5. The van der Waals surface area contributed by atoms with Gasteiger partial charge in [0.05, 0.1) is 6.04 Å². The molecule has 0 radical (unpaired) electrons. The molecule has 1 saturated heterocycles. The molecule has 1 N–H and O–H groups in total.